The van der Waals surface area contributed by atoms with Gasteiger partial charge in [0.25, 0.3) is 0 Å². The van der Waals surface area contributed by atoms with Crippen molar-refractivity contribution in [3.8, 4) is 23.0 Å². The first-order chi connectivity index (χ1) is 13.2. The molecule has 0 saturated carbocycles. The molecule has 0 saturated heterocycles. The molecule has 0 unspecified atom stereocenters. The van der Waals surface area contributed by atoms with Crippen LogP contribution in [0.4, 0.5) is 11.4 Å². The van der Waals surface area contributed by atoms with Crippen LogP contribution in [0.1, 0.15) is 30.6 Å². The second-order valence-electron chi connectivity index (χ2n) is 5.72. The predicted octanol–water partition coefficient (Wildman–Crippen LogP) is 3.20. The Morgan fingerprint density at radius 2 is 1.79 bits per heavy atom. The summed E-state index contributed by atoms with van der Waals surface area (Å²) >= 11 is 0. The van der Waals surface area contributed by atoms with Gasteiger partial charge < -0.3 is 30.3 Å². The lowest BCUT2D eigenvalue weighted by Gasteiger charge is -2.16. The Morgan fingerprint density at radius 3 is 2.36 bits per heavy atom. The molecule has 2 rings (SSSR count). The molecule has 0 aromatic heterocycles. The average molecular weight is 388 g/mol. The van der Waals surface area contributed by atoms with Crippen molar-refractivity contribution >= 4 is 29.2 Å². The number of carbonyl (C=O) groups is 3. The van der Waals surface area contributed by atoms with Gasteiger partial charge in [0.15, 0.2) is 5.75 Å². The summed E-state index contributed by atoms with van der Waals surface area (Å²) in [5.74, 6) is -2.20. The number of amides is 2. The number of ether oxygens (including phenoxy) is 2. The van der Waals surface area contributed by atoms with Crippen molar-refractivity contribution in [3.05, 3.63) is 35.9 Å². The van der Waals surface area contributed by atoms with Crippen LogP contribution < -0.4 is 20.1 Å². The fourth-order valence-electron chi connectivity index (χ4n) is 2.31. The first-order valence-electron chi connectivity index (χ1n) is 8.28. The van der Waals surface area contributed by atoms with Gasteiger partial charge in [0, 0.05) is 37.2 Å². The van der Waals surface area contributed by atoms with Crippen LogP contribution in [0, 0.1) is 0 Å². The van der Waals surface area contributed by atoms with Crippen LogP contribution in [0.5, 0.6) is 23.0 Å². The maximum atomic E-state index is 11.6. The summed E-state index contributed by atoms with van der Waals surface area (Å²) in [6.07, 6.45) is 0.243. The van der Waals surface area contributed by atoms with Gasteiger partial charge in [-0.1, -0.05) is 6.92 Å². The summed E-state index contributed by atoms with van der Waals surface area (Å²) in [5.41, 5.74) is 0.110. The molecule has 0 spiro atoms. The van der Waals surface area contributed by atoms with Crippen molar-refractivity contribution in [2.75, 3.05) is 17.7 Å². The molecule has 2 amide bonds. The second kappa shape index (κ2) is 8.76. The van der Waals surface area contributed by atoms with Crippen LogP contribution in [-0.2, 0) is 9.59 Å². The van der Waals surface area contributed by atoms with E-state index in [0.717, 1.165) is 0 Å². The minimum atomic E-state index is -1.25. The molecule has 2 aromatic carbocycles. The highest BCUT2D eigenvalue weighted by Crippen LogP contribution is 2.41. The van der Waals surface area contributed by atoms with Gasteiger partial charge in [-0.2, -0.15) is 0 Å². The highest BCUT2D eigenvalue weighted by Gasteiger charge is 2.19. The fraction of sp³-hybridized carbons (Fsp3) is 0.211. The zero-order valence-corrected chi connectivity index (χ0v) is 15.5. The smallest absolute Gasteiger partial charge is 0.339 e. The first-order valence-corrected chi connectivity index (χ1v) is 8.28. The van der Waals surface area contributed by atoms with E-state index in [9.17, 15) is 24.6 Å². The van der Waals surface area contributed by atoms with E-state index in [1.165, 1.54) is 44.4 Å². The molecule has 0 aliphatic rings. The number of methoxy groups -OCH3 is 1. The van der Waals surface area contributed by atoms with Crippen molar-refractivity contribution in [2.24, 2.45) is 0 Å². The number of hydrogen-bond donors (Lipinski definition) is 4. The van der Waals surface area contributed by atoms with Crippen molar-refractivity contribution in [1.82, 2.24) is 0 Å². The van der Waals surface area contributed by atoms with E-state index in [2.05, 4.69) is 10.6 Å². The molecular formula is C19H20N2O7. The molecule has 0 atom stereocenters. The van der Waals surface area contributed by atoms with Gasteiger partial charge in [0.1, 0.15) is 28.5 Å². The van der Waals surface area contributed by atoms with E-state index in [4.69, 9.17) is 9.47 Å². The Labute approximate surface area is 160 Å². The number of aromatic carboxylic acids is 1. The number of carboxylic acid groups (broad SMARTS) is 1. The fourth-order valence-corrected chi connectivity index (χ4v) is 2.31. The topological polar surface area (TPSA) is 134 Å². The Kier molecular flexibility index (Phi) is 6.43. The molecule has 0 bridgehead atoms. The van der Waals surface area contributed by atoms with Crippen molar-refractivity contribution < 1.29 is 34.1 Å². The lowest BCUT2D eigenvalue weighted by molar-refractivity contribution is -0.116. The van der Waals surface area contributed by atoms with E-state index >= 15 is 0 Å². The Bertz CT molecular complexity index is 925. The van der Waals surface area contributed by atoms with Gasteiger partial charge in [-0.05, 0) is 12.1 Å². The number of rotatable bonds is 7. The van der Waals surface area contributed by atoms with Gasteiger partial charge >= 0.3 is 5.97 Å². The standard InChI is InChI=1S/C19H20N2O7/c1-4-17(24)21-11-5-6-13(19(25)26)15(7-11)28-16-9-12(27-3)8-14(23)18(16)20-10(2)22/h5-9,23H,4H2,1-3H3,(H,20,22)(H,21,24)(H,25,26). The predicted molar refractivity (Wildman–Crippen MR) is 101 cm³/mol. The highest BCUT2D eigenvalue weighted by atomic mass is 16.5. The highest BCUT2D eigenvalue weighted by molar-refractivity contribution is 5.95. The summed E-state index contributed by atoms with van der Waals surface area (Å²) in [5, 5.41) is 24.6. The largest absolute Gasteiger partial charge is 0.505 e. The number of anilines is 2. The summed E-state index contributed by atoms with van der Waals surface area (Å²) < 4.78 is 10.8. The maximum absolute atomic E-state index is 11.6. The quantitative estimate of drug-likeness (QED) is 0.535. The van der Waals surface area contributed by atoms with Crippen LogP contribution in [0.3, 0.4) is 0 Å². The number of benzene rings is 2. The third-order valence-electron chi connectivity index (χ3n) is 3.63. The Balaban J connectivity index is 2.54. The summed E-state index contributed by atoms with van der Waals surface area (Å²) in [6.45, 7) is 2.92. The molecule has 0 radical (unpaired) electrons. The molecular weight excluding hydrogens is 368 g/mol. The minimum absolute atomic E-state index is 0.0338. The summed E-state index contributed by atoms with van der Waals surface area (Å²) in [4.78, 5) is 34.6. The number of carboxylic acids is 1. The van der Waals surface area contributed by atoms with Crippen LogP contribution in [-0.4, -0.2) is 35.1 Å². The molecule has 28 heavy (non-hydrogen) atoms. The van der Waals surface area contributed by atoms with E-state index < -0.39 is 11.9 Å². The van der Waals surface area contributed by atoms with Gasteiger partial charge in [-0.25, -0.2) is 4.79 Å². The summed E-state index contributed by atoms with van der Waals surface area (Å²) in [6, 6.07) is 6.70. The Morgan fingerprint density at radius 1 is 1.07 bits per heavy atom. The molecule has 9 nitrogen and oxygen atoms in total. The number of nitrogens with one attached hydrogen (secondary N) is 2. The summed E-state index contributed by atoms with van der Waals surface area (Å²) in [7, 11) is 1.38. The van der Waals surface area contributed by atoms with Crippen molar-refractivity contribution in [2.45, 2.75) is 20.3 Å². The van der Waals surface area contributed by atoms with E-state index in [1.54, 1.807) is 6.92 Å². The lowest BCUT2D eigenvalue weighted by Crippen LogP contribution is -2.11. The number of hydrogen-bond acceptors (Lipinski definition) is 6. The lowest BCUT2D eigenvalue weighted by atomic mass is 10.1. The average Bonchev–Trinajstić information content (AvgIpc) is 2.63. The van der Waals surface area contributed by atoms with Crippen molar-refractivity contribution in [1.29, 1.82) is 0 Å². The third kappa shape index (κ3) is 4.91. The monoisotopic (exact) mass is 388 g/mol. The third-order valence-corrected chi connectivity index (χ3v) is 3.63. The number of phenols is 1. The number of phenolic OH excluding ortho intramolecular Hbond substituents is 1. The molecule has 2 aromatic rings. The zero-order chi connectivity index (χ0) is 20.8. The molecule has 0 aliphatic heterocycles. The molecule has 0 aliphatic carbocycles. The van der Waals surface area contributed by atoms with E-state index in [0.29, 0.717) is 5.69 Å². The van der Waals surface area contributed by atoms with E-state index in [-0.39, 0.29) is 46.6 Å². The molecule has 0 fully saturated rings. The minimum Gasteiger partial charge on any atom is -0.505 e. The number of carbonyl (C=O) groups excluding carboxylic acids is 2. The second-order valence-corrected chi connectivity index (χ2v) is 5.72. The normalized spacial score (nSPS) is 10.1. The SMILES string of the molecule is CCC(=O)Nc1ccc(C(=O)O)c(Oc2cc(OC)cc(O)c2NC(C)=O)c1. The number of aromatic hydroxyl groups is 1. The van der Waals surface area contributed by atoms with Crippen LogP contribution in [0.2, 0.25) is 0 Å². The van der Waals surface area contributed by atoms with Crippen molar-refractivity contribution in [3.63, 3.8) is 0 Å². The maximum Gasteiger partial charge on any atom is 0.339 e. The van der Waals surface area contributed by atoms with Gasteiger partial charge in [0.05, 0.1) is 7.11 Å². The van der Waals surface area contributed by atoms with E-state index in [1.807, 2.05) is 0 Å². The van der Waals surface area contributed by atoms with Crippen LogP contribution in [0.15, 0.2) is 30.3 Å². The zero-order valence-electron chi connectivity index (χ0n) is 15.5. The van der Waals surface area contributed by atoms with Gasteiger partial charge in [-0.3, -0.25) is 9.59 Å². The van der Waals surface area contributed by atoms with Gasteiger partial charge in [0.2, 0.25) is 11.8 Å². The van der Waals surface area contributed by atoms with Gasteiger partial charge in [-0.15, -0.1) is 0 Å². The molecule has 4 N–H and O–H groups in total. The Hall–Kier alpha value is -3.75. The van der Waals surface area contributed by atoms with Crippen LogP contribution in [0.25, 0.3) is 0 Å². The first kappa shape index (κ1) is 20.6. The molecule has 0 heterocycles. The molecule has 148 valence electrons. The molecule has 9 heteroatoms. The van der Waals surface area contributed by atoms with Crippen LogP contribution >= 0.6 is 0 Å².